The number of benzene rings is 2. The van der Waals surface area contributed by atoms with Crippen LogP contribution in [0.4, 0.5) is 0 Å². The Balaban J connectivity index is 1.99. The highest BCUT2D eigenvalue weighted by molar-refractivity contribution is 6.06. The highest BCUT2D eigenvalue weighted by Crippen LogP contribution is 2.13. The van der Waals surface area contributed by atoms with E-state index >= 15 is 0 Å². The number of ketones is 1. The van der Waals surface area contributed by atoms with Crippen LogP contribution in [0.3, 0.4) is 0 Å². The molecule has 22 heavy (non-hydrogen) atoms. The molecule has 0 fully saturated rings. The lowest BCUT2D eigenvalue weighted by molar-refractivity contribution is 0.104. The van der Waals surface area contributed by atoms with Crippen LogP contribution in [0.5, 0.6) is 5.75 Å². The van der Waals surface area contributed by atoms with Gasteiger partial charge in [0.15, 0.2) is 5.78 Å². The van der Waals surface area contributed by atoms with E-state index in [1.54, 1.807) is 13.2 Å². The SMILES string of the molecule is CCCCc1ccc(C(=O)C=Cc2ccc(OC)cc2)cc1. The van der Waals surface area contributed by atoms with Crippen LogP contribution in [0, 0.1) is 0 Å². The third-order valence-electron chi connectivity index (χ3n) is 3.60. The van der Waals surface area contributed by atoms with Crippen molar-refractivity contribution in [3.05, 3.63) is 71.3 Å². The van der Waals surface area contributed by atoms with Crippen molar-refractivity contribution in [2.45, 2.75) is 26.2 Å². The second kappa shape index (κ2) is 8.18. The topological polar surface area (TPSA) is 26.3 Å². The number of ether oxygens (including phenoxy) is 1. The zero-order valence-corrected chi connectivity index (χ0v) is 13.2. The molecule has 2 aromatic carbocycles. The highest BCUT2D eigenvalue weighted by atomic mass is 16.5. The quantitative estimate of drug-likeness (QED) is 0.534. The van der Waals surface area contributed by atoms with Gasteiger partial charge >= 0.3 is 0 Å². The maximum Gasteiger partial charge on any atom is 0.185 e. The summed E-state index contributed by atoms with van der Waals surface area (Å²) in [4.78, 5) is 12.2. The Morgan fingerprint density at radius 1 is 1.05 bits per heavy atom. The molecule has 0 saturated carbocycles. The summed E-state index contributed by atoms with van der Waals surface area (Å²) in [5, 5.41) is 0. The van der Waals surface area contributed by atoms with Crippen molar-refractivity contribution in [3.8, 4) is 5.75 Å². The molecule has 2 rings (SSSR count). The zero-order valence-electron chi connectivity index (χ0n) is 13.2. The third-order valence-corrected chi connectivity index (χ3v) is 3.60. The summed E-state index contributed by atoms with van der Waals surface area (Å²) in [7, 11) is 1.64. The van der Waals surface area contributed by atoms with E-state index in [1.807, 2.05) is 54.6 Å². The number of hydrogen-bond donors (Lipinski definition) is 0. The lowest BCUT2D eigenvalue weighted by Gasteiger charge is -2.01. The Kier molecular flexibility index (Phi) is 5.96. The molecule has 2 heteroatoms. The van der Waals surface area contributed by atoms with Crippen LogP contribution in [-0.4, -0.2) is 12.9 Å². The van der Waals surface area contributed by atoms with Gasteiger partial charge in [-0.05, 0) is 42.2 Å². The fourth-order valence-corrected chi connectivity index (χ4v) is 2.20. The van der Waals surface area contributed by atoms with Gasteiger partial charge in [-0.2, -0.15) is 0 Å². The summed E-state index contributed by atoms with van der Waals surface area (Å²) in [6.45, 7) is 2.18. The van der Waals surface area contributed by atoms with Crippen LogP contribution >= 0.6 is 0 Å². The minimum absolute atomic E-state index is 0.0258. The van der Waals surface area contributed by atoms with E-state index in [9.17, 15) is 4.79 Å². The van der Waals surface area contributed by atoms with Crippen molar-refractivity contribution in [1.29, 1.82) is 0 Å². The average Bonchev–Trinajstić information content (AvgIpc) is 2.58. The minimum Gasteiger partial charge on any atom is -0.497 e. The molecule has 0 saturated heterocycles. The molecule has 0 atom stereocenters. The molecule has 0 aromatic heterocycles. The Morgan fingerprint density at radius 3 is 2.32 bits per heavy atom. The first-order valence-electron chi connectivity index (χ1n) is 7.68. The first-order valence-corrected chi connectivity index (χ1v) is 7.68. The van der Waals surface area contributed by atoms with Crippen molar-refractivity contribution < 1.29 is 9.53 Å². The second-order valence-corrected chi connectivity index (χ2v) is 5.27. The predicted octanol–water partition coefficient (Wildman–Crippen LogP) is 4.93. The molecule has 0 amide bonds. The molecule has 0 heterocycles. The van der Waals surface area contributed by atoms with E-state index in [-0.39, 0.29) is 5.78 Å². The largest absolute Gasteiger partial charge is 0.497 e. The first kappa shape index (κ1) is 16.0. The molecule has 2 aromatic rings. The Hall–Kier alpha value is -2.35. The third kappa shape index (κ3) is 4.59. The highest BCUT2D eigenvalue weighted by Gasteiger charge is 2.02. The van der Waals surface area contributed by atoms with Crippen LogP contribution in [0.1, 0.15) is 41.3 Å². The number of hydrogen-bond acceptors (Lipinski definition) is 2. The van der Waals surface area contributed by atoms with Gasteiger partial charge in [-0.3, -0.25) is 4.79 Å². The lowest BCUT2D eigenvalue weighted by atomic mass is 10.0. The summed E-state index contributed by atoms with van der Waals surface area (Å²) in [6, 6.07) is 15.5. The van der Waals surface area contributed by atoms with Crippen LogP contribution in [0.25, 0.3) is 6.08 Å². The number of allylic oxidation sites excluding steroid dienone is 1. The van der Waals surface area contributed by atoms with Gasteiger partial charge in [0.25, 0.3) is 0 Å². The summed E-state index contributed by atoms with van der Waals surface area (Å²) < 4.78 is 5.11. The van der Waals surface area contributed by atoms with Crippen molar-refractivity contribution in [2.75, 3.05) is 7.11 Å². The van der Waals surface area contributed by atoms with Gasteiger partial charge in [-0.25, -0.2) is 0 Å². The van der Waals surface area contributed by atoms with E-state index in [0.29, 0.717) is 0 Å². The number of unbranched alkanes of at least 4 members (excludes halogenated alkanes) is 1. The van der Waals surface area contributed by atoms with Gasteiger partial charge in [0.1, 0.15) is 5.75 Å². The number of carbonyl (C=O) groups is 1. The Bertz CT molecular complexity index is 622. The second-order valence-electron chi connectivity index (χ2n) is 5.27. The van der Waals surface area contributed by atoms with Crippen molar-refractivity contribution in [3.63, 3.8) is 0 Å². The molecule has 0 radical (unpaired) electrons. The number of carbonyl (C=O) groups excluding carboxylic acids is 1. The van der Waals surface area contributed by atoms with Crippen molar-refractivity contribution in [1.82, 2.24) is 0 Å². The standard InChI is InChI=1S/C20H22O2/c1-3-4-5-16-6-11-18(12-7-16)20(21)15-10-17-8-13-19(22-2)14-9-17/h6-15H,3-5H2,1-2H3. The fourth-order valence-electron chi connectivity index (χ4n) is 2.20. The van der Waals surface area contributed by atoms with E-state index in [2.05, 4.69) is 6.92 Å². The average molecular weight is 294 g/mol. The van der Waals surface area contributed by atoms with E-state index in [0.717, 1.165) is 23.3 Å². The smallest absolute Gasteiger partial charge is 0.185 e. The molecule has 2 nitrogen and oxygen atoms in total. The molecule has 114 valence electrons. The van der Waals surface area contributed by atoms with E-state index in [1.165, 1.54) is 18.4 Å². The van der Waals surface area contributed by atoms with Crippen LogP contribution in [-0.2, 0) is 6.42 Å². The summed E-state index contributed by atoms with van der Waals surface area (Å²) in [6.07, 6.45) is 6.89. The van der Waals surface area contributed by atoms with Gasteiger partial charge in [0, 0.05) is 5.56 Å². The molecular weight excluding hydrogens is 272 g/mol. The monoisotopic (exact) mass is 294 g/mol. The Morgan fingerprint density at radius 2 is 1.73 bits per heavy atom. The molecule has 0 bridgehead atoms. The molecule has 0 spiro atoms. The molecule has 0 unspecified atom stereocenters. The molecular formula is C20H22O2. The Labute approximate surface area is 132 Å². The predicted molar refractivity (Wildman–Crippen MR) is 91.4 cm³/mol. The molecule has 0 aliphatic rings. The fraction of sp³-hybridized carbons (Fsp3) is 0.250. The van der Waals surface area contributed by atoms with Gasteiger partial charge in [-0.15, -0.1) is 0 Å². The van der Waals surface area contributed by atoms with Crippen LogP contribution in [0.2, 0.25) is 0 Å². The van der Waals surface area contributed by atoms with E-state index < -0.39 is 0 Å². The number of methoxy groups -OCH3 is 1. The zero-order chi connectivity index (χ0) is 15.8. The van der Waals surface area contributed by atoms with Crippen molar-refractivity contribution in [2.24, 2.45) is 0 Å². The lowest BCUT2D eigenvalue weighted by Crippen LogP contribution is -1.95. The number of rotatable bonds is 7. The molecule has 0 aliphatic heterocycles. The summed E-state index contributed by atoms with van der Waals surface area (Å²) in [5.74, 6) is 0.837. The maximum absolute atomic E-state index is 12.2. The van der Waals surface area contributed by atoms with Gasteiger partial charge in [0.05, 0.1) is 7.11 Å². The van der Waals surface area contributed by atoms with Gasteiger partial charge in [-0.1, -0.05) is 55.8 Å². The normalized spacial score (nSPS) is 10.8. The van der Waals surface area contributed by atoms with Gasteiger partial charge in [0.2, 0.25) is 0 Å². The first-order chi connectivity index (χ1) is 10.7. The number of aryl methyl sites for hydroxylation is 1. The maximum atomic E-state index is 12.2. The van der Waals surface area contributed by atoms with Crippen LogP contribution in [0.15, 0.2) is 54.6 Å². The molecule has 0 aliphatic carbocycles. The summed E-state index contributed by atoms with van der Waals surface area (Å²) in [5.41, 5.74) is 3.00. The summed E-state index contributed by atoms with van der Waals surface area (Å²) >= 11 is 0. The van der Waals surface area contributed by atoms with E-state index in [4.69, 9.17) is 4.74 Å². The molecule has 0 N–H and O–H groups in total. The van der Waals surface area contributed by atoms with Gasteiger partial charge < -0.3 is 4.74 Å². The minimum atomic E-state index is 0.0258. The van der Waals surface area contributed by atoms with Crippen molar-refractivity contribution >= 4 is 11.9 Å². The van der Waals surface area contributed by atoms with Crippen LogP contribution < -0.4 is 4.74 Å².